The number of nitrogens with zero attached hydrogens (tertiary/aromatic N) is 2. The number of hydrogen-bond donors (Lipinski definition) is 0. The van der Waals surface area contributed by atoms with Gasteiger partial charge in [-0.3, -0.25) is 4.57 Å². The zero-order chi connectivity index (χ0) is 19.6. The Morgan fingerprint density at radius 3 is 2.31 bits per heavy atom. The maximum atomic E-state index is 12.3. The third-order valence-corrected chi connectivity index (χ3v) is 8.74. The van der Waals surface area contributed by atoms with Crippen LogP contribution in [0.5, 0.6) is 0 Å². The number of rotatable bonds is 12. The van der Waals surface area contributed by atoms with E-state index in [1.165, 1.54) is 14.2 Å². The Morgan fingerprint density at radius 2 is 1.85 bits per heavy atom. The van der Waals surface area contributed by atoms with Crippen LogP contribution in [0.25, 0.3) is 0 Å². The summed E-state index contributed by atoms with van der Waals surface area (Å²) in [6.45, 7) is 7.58. The summed E-state index contributed by atoms with van der Waals surface area (Å²) in [5.74, 6) is 0.332. The fourth-order valence-corrected chi connectivity index (χ4v) is 6.19. The first-order chi connectivity index (χ1) is 12.4. The molecular weight excluding hydrogens is 374 g/mol. The van der Waals surface area contributed by atoms with E-state index < -0.39 is 16.1 Å². The zero-order valence-corrected chi connectivity index (χ0v) is 18.5. The molecule has 1 aliphatic carbocycles. The zero-order valence-electron chi connectivity index (χ0n) is 16.7. The maximum Gasteiger partial charge on any atom is 0.330 e. The van der Waals surface area contributed by atoms with E-state index in [0.29, 0.717) is 31.1 Å². The van der Waals surface area contributed by atoms with Gasteiger partial charge in [0.15, 0.2) is 0 Å². The Kier molecular flexibility index (Phi) is 11.5. The summed E-state index contributed by atoms with van der Waals surface area (Å²) >= 11 is 0. The second kappa shape index (κ2) is 12.4. The monoisotopic (exact) mass is 408 g/mol. The van der Waals surface area contributed by atoms with Gasteiger partial charge in [0.1, 0.15) is 0 Å². The standard InChI is InChI=1S/C17H34N2O5P2/c1-6-19(15(2)3)25(23-13-7-12-18)24-17-10-8-16(9-11-17)14-26(20,21-4)22-5/h15-17H,6-11,13-14H2,1-5H3. The highest BCUT2D eigenvalue weighted by Crippen LogP contribution is 2.52. The van der Waals surface area contributed by atoms with Crippen LogP contribution >= 0.6 is 16.1 Å². The molecule has 1 unspecified atom stereocenters. The molecule has 1 saturated carbocycles. The Balaban J connectivity index is 2.57. The summed E-state index contributed by atoms with van der Waals surface area (Å²) < 4.78 is 36.8. The van der Waals surface area contributed by atoms with Crippen molar-refractivity contribution in [3.8, 4) is 6.07 Å². The lowest BCUT2D eigenvalue weighted by atomic mass is 9.89. The molecule has 0 aromatic heterocycles. The van der Waals surface area contributed by atoms with Crippen LogP contribution in [0.15, 0.2) is 0 Å². The Bertz CT molecular complexity index is 470. The highest BCUT2D eigenvalue weighted by atomic mass is 31.2. The quantitative estimate of drug-likeness (QED) is 0.334. The van der Waals surface area contributed by atoms with Gasteiger partial charge in [-0.05, 0) is 45.4 Å². The summed E-state index contributed by atoms with van der Waals surface area (Å²) in [6.07, 6.45) is 4.67. The minimum absolute atomic E-state index is 0.136. The van der Waals surface area contributed by atoms with Gasteiger partial charge in [-0.2, -0.15) is 5.26 Å². The number of nitriles is 1. The lowest BCUT2D eigenvalue weighted by Gasteiger charge is -2.36. The van der Waals surface area contributed by atoms with Crippen molar-refractivity contribution in [3.05, 3.63) is 0 Å². The van der Waals surface area contributed by atoms with Crippen molar-refractivity contribution in [1.29, 1.82) is 5.26 Å². The van der Waals surface area contributed by atoms with Gasteiger partial charge in [0.2, 0.25) is 0 Å². The molecule has 0 saturated heterocycles. The van der Waals surface area contributed by atoms with Crippen LogP contribution in [-0.4, -0.2) is 50.3 Å². The Morgan fingerprint density at radius 1 is 1.23 bits per heavy atom. The highest BCUT2D eigenvalue weighted by molar-refractivity contribution is 7.53. The molecule has 0 radical (unpaired) electrons. The van der Waals surface area contributed by atoms with Crippen LogP contribution in [0.1, 0.15) is 52.9 Å². The van der Waals surface area contributed by atoms with Crippen LogP contribution < -0.4 is 0 Å². The smallest absolute Gasteiger partial charge is 0.321 e. The average molecular weight is 408 g/mol. The summed E-state index contributed by atoms with van der Waals surface area (Å²) in [7, 11) is -1.24. The third-order valence-electron chi connectivity index (χ3n) is 4.62. The van der Waals surface area contributed by atoms with Crippen LogP contribution in [0.4, 0.5) is 0 Å². The molecule has 9 heteroatoms. The second-order valence-electron chi connectivity index (χ2n) is 6.74. The molecule has 0 bridgehead atoms. The van der Waals surface area contributed by atoms with Gasteiger partial charge in [-0.15, -0.1) is 0 Å². The summed E-state index contributed by atoms with van der Waals surface area (Å²) in [5, 5.41) is 8.75. The fraction of sp³-hybridized carbons (Fsp3) is 0.941. The topological polar surface area (TPSA) is 81.0 Å². The van der Waals surface area contributed by atoms with Gasteiger partial charge in [-0.25, -0.2) is 4.67 Å². The van der Waals surface area contributed by atoms with Crippen molar-refractivity contribution >= 4 is 16.1 Å². The molecule has 0 aromatic rings. The lowest BCUT2D eigenvalue weighted by Crippen LogP contribution is -2.30. The summed E-state index contributed by atoms with van der Waals surface area (Å²) in [4.78, 5) is 0. The van der Waals surface area contributed by atoms with Gasteiger partial charge >= 0.3 is 7.60 Å². The number of hydrogen-bond acceptors (Lipinski definition) is 7. The molecular formula is C17H34N2O5P2. The minimum Gasteiger partial charge on any atom is -0.321 e. The maximum absolute atomic E-state index is 12.3. The molecule has 0 amide bonds. The predicted molar refractivity (Wildman–Crippen MR) is 104 cm³/mol. The Labute approximate surface area is 159 Å². The molecule has 7 nitrogen and oxygen atoms in total. The summed E-state index contributed by atoms with van der Waals surface area (Å²) in [5.41, 5.74) is 0. The molecule has 1 rings (SSSR count). The van der Waals surface area contributed by atoms with E-state index in [9.17, 15) is 4.57 Å². The highest BCUT2D eigenvalue weighted by Gasteiger charge is 2.33. The van der Waals surface area contributed by atoms with Gasteiger partial charge in [-0.1, -0.05) is 6.92 Å². The van der Waals surface area contributed by atoms with Crippen molar-refractivity contribution in [2.45, 2.75) is 65.0 Å². The van der Waals surface area contributed by atoms with E-state index in [1.807, 2.05) is 0 Å². The Hall–Kier alpha value is -0.0500. The van der Waals surface area contributed by atoms with Crippen LogP contribution in [0.2, 0.25) is 0 Å². The molecule has 0 aliphatic heterocycles. The van der Waals surface area contributed by atoms with Crippen LogP contribution in [0, 0.1) is 17.2 Å². The summed E-state index contributed by atoms with van der Waals surface area (Å²) in [6, 6.07) is 2.43. The van der Waals surface area contributed by atoms with Gasteiger partial charge in [0, 0.05) is 26.8 Å². The molecule has 152 valence electrons. The van der Waals surface area contributed by atoms with Crippen LogP contribution in [0.3, 0.4) is 0 Å². The van der Waals surface area contributed by atoms with E-state index in [-0.39, 0.29) is 6.10 Å². The molecule has 0 heterocycles. The predicted octanol–water partition coefficient (Wildman–Crippen LogP) is 4.94. The average Bonchev–Trinajstić information content (AvgIpc) is 2.63. The first-order valence-corrected chi connectivity index (χ1v) is 12.2. The first kappa shape index (κ1) is 24.0. The SMILES string of the molecule is CCN(C(C)C)P(OCCC#N)OC1CCC(CP(=O)(OC)OC)CC1. The molecule has 1 aliphatic rings. The van der Waals surface area contributed by atoms with Gasteiger partial charge < -0.3 is 18.1 Å². The van der Waals surface area contributed by atoms with Crippen molar-refractivity contribution in [2.24, 2.45) is 5.92 Å². The molecule has 0 N–H and O–H groups in total. The van der Waals surface area contributed by atoms with E-state index >= 15 is 0 Å². The molecule has 26 heavy (non-hydrogen) atoms. The normalized spacial score (nSPS) is 22.5. The van der Waals surface area contributed by atoms with Gasteiger partial charge in [0.25, 0.3) is 8.53 Å². The largest absolute Gasteiger partial charge is 0.330 e. The van der Waals surface area contributed by atoms with E-state index in [0.717, 1.165) is 32.2 Å². The minimum atomic E-state index is -2.95. The fourth-order valence-electron chi connectivity index (χ4n) is 3.09. The van der Waals surface area contributed by atoms with Crippen molar-refractivity contribution in [3.63, 3.8) is 0 Å². The van der Waals surface area contributed by atoms with Crippen LogP contribution in [-0.2, 0) is 22.7 Å². The first-order valence-electron chi connectivity index (χ1n) is 9.32. The van der Waals surface area contributed by atoms with E-state index in [2.05, 4.69) is 31.5 Å². The lowest BCUT2D eigenvalue weighted by molar-refractivity contribution is 0.102. The molecule has 1 atom stereocenters. The van der Waals surface area contributed by atoms with E-state index in [4.69, 9.17) is 23.4 Å². The molecule has 1 fully saturated rings. The molecule has 0 aromatic carbocycles. The van der Waals surface area contributed by atoms with Gasteiger partial charge in [0.05, 0.1) is 31.4 Å². The van der Waals surface area contributed by atoms with Crippen molar-refractivity contribution in [2.75, 3.05) is 33.5 Å². The molecule has 0 spiro atoms. The second-order valence-corrected chi connectivity index (χ2v) is 10.5. The van der Waals surface area contributed by atoms with Crippen molar-refractivity contribution in [1.82, 2.24) is 4.67 Å². The van der Waals surface area contributed by atoms with Crippen molar-refractivity contribution < 1.29 is 22.7 Å². The van der Waals surface area contributed by atoms with E-state index in [1.54, 1.807) is 0 Å². The third kappa shape index (κ3) is 7.90.